The van der Waals surface area contributed by atoms with Crippen molar-refractivity contribution < 1.29 is 9.84 Å². The summed E-state index contributed by atoms with van der Waals surface area (Å²) in [4.78, 5) is 0. The molecule has 82 valence electrons. The summed E-state index contributed by atoms with van der Waals surface area (Å²) >= 11 is 0. The number of rotatable bonds is 3. The Morgan fingerprint density at radius 1 is 1.43 bits per heavy atom. The van der Waals surface area contributed by atoms with Gasteiger partial charge in [0.05, 0.1) is 0 Å². The number of ether oxygens (including phenoxy) is 1. The van der Waals surface area contributed by atoms with Crippen LogP contribution in [0.3, 0.4) is 0 Å². The second-order valence-corrected chi connectivity index (χ2v) is 4.88. The summed E-state index contributed by atoms with van der Waals surface area (Å²) in [5, 5.41) is 9.07. The van der Waals surface area contributed by atoms with Crippen molar-refractivity contribution in [1.82, 2.24) is 0 Å². The SMILES string of the molecule is C=C(O)O[C@@H]1C[C@H](C)CC[C@H]1C(C)C. The van der Waals surface area contributed by atoms with Gasteiger partial charge in [0.25, 0.3) is 5.95 Å². The molecule has 1 rings (SSSR count). The van der Waals surface area contributed by atoms with Crippen LogP contribution in [0.15, 0.2) is 12.5 Å². The minimum atomic E-state index is -0.130. The highest BCUT2D eigenvalue weighted by Gasteiger charge is 2.32. The fourth-order valence-corrected chi connectivity index (χ4v) is 2.42. The summed E-state index contributed by atoms with van der Waals surface area (Å²) in [6, 6.07) is 0. The van der Waals surface area contributed by atoms with Crippen LogP contribution in [0.1, 0.15) is 40.0 Å². The zero-order chi connectivity index (χ0) is 10.7. The molecule has 1 N–H and O–H groups in total. The van der Waals surface area contributed by atoms with Crippen LogP contribution in [-0.2, 0) is 4.74 Å². The average Bonchev–Trinajstić information content (AvgIpc) is 2.01. The van der Waals surface area contributed by atoms with E-state index in [-0.39, 0.29) is 12.0 Å². The lowest BCUT2D eigenvalue weighted by atomic mass is 9.75. The van der Waals surface area contributed by atoms with Gasteiger partial charge in [-0.3, -0.25) is 0 Å². The molecule has 0 aromatic rings. The first-order chi connectivity index (χ1) is 6.50. The molecule has 0 aromatic heterocycles. The van der Waals surface area contributed by atoms with Crippen molar-refractivity contribution >= 4 is 0 Å². The Labute approximate surface area is 87.0 Å². The van der Waals surface area contributed by atoms with E-state index in [0.717, 1.165) is 6.42 Å². The molecule has 0 radical (unpaired) electrons. The molecule has 0 saturated heterocycles. The van der Waals surface area contributed by atoms with E-state index >= 15 is 0 Å². The van der Waals surface area contributed by atoms with E-state index in [2.05, 4.69) is 27.4 Å². The molecule has 1 fully saturated rings. The van der Waals surface area contributed by atoms with Crippen LogP contribution in [0.25, 0.3) is 0 Å². The van der Waals surface area contributed by atoms with E-state index in [4.69, 9.17) is 9.84 Å². The molecular formula is C12H22O2. The van der Waals surface area contributed by atoms with Crippen molar-refractivity contribution in [3.8, 4) is 0 Å². The molecule has 0 spiro atoms. The normalized spacial score (nSPS) is 33.0. The molecule has 0 bridgehead atoms. The van der Waals surface area contributed by atoms with Crippen molar-refractivity contribution in [2.24, 2.45) is 17.8 Å². The fourth-order valence-electron chi connectivity index (χ4n) is 2.42. The van der Waals surface area contributed by atoms with Crippen molar-refractivity contribution in [2.45, 2.75) is 46.1 Å². The maximum Gasteiger partial charge on any atom is 0.269 e. The van der Waals surface area contributed by atoms with Crippen LogP contribution >= 0.6 is 0 Å². The lowest BCUT2D eigenvalue weighted by Crippen LogP contribution is -2.34. The Hall–Kier alpha value is -0.660. The van der Waals surface area contributed by atoms with Gasteiger partial charge in [-0.05, 0) is 37.2 Å². The highest BCUT2D eigenvalue weighted by Crippen LogP contribution is 2.35. The van der Waals surface area contributed by atoms with Gasteiger partial charge in [-0.1, -0.05) is 27.2 Å². The molecule has 1 saturated carbocycles. The van der Waals surface area contributed by atoms with Gasteiger partial charge in [0.1, 0.15) is 6.10 Å². The molecule has 1 aliphatic carbocycles. The Morgan fingerprint density at radius 2 is 2.07 bits per heavy atom. The lowest BCUT2D eigenvalue weighted by Gasteiger charge is -2.36. The molecular weight excluding hydrogens is 176 g/mol. The van der Waals surface area contributed by atoms with E-state index in [0.29, 0.717) is 17.8 Å². The van der Waals surface area contributed by atoms with Crippen LogP contribution in [-0.4, -0.2) is 11.2 Å². The highest BCUT2D eigenvalue weighted by atomic mass is 16.6. The van der Waals surface area contributed by atoms with Gasteiger partial charge in [-0.15, -0.1) is 0 Å². The van der Waals surface area contributed by atoms with Crippen LogP contribution in [0, 0.1) is 17.8 Å². The third-order valence-electron chi connectivity index (χ3n) is 3.25. The topological polar surface area (TPSA) is 29.5 Å². The molecule has 3 atom stereocenters. The third kappa shape index (κ3) is 2.93. The summed E-state index contributed by atoms with van der Waals surface area (Å²) in [5.41, 5.74) is 0. The first-order valence-electron chi connectivity index (χ1n) is 5.55. The largest absolute Gasteiger partial charge is 0.481 e. The Morgan fingerprint density at radius 3 is 2.57 bits per heavy atom. The third-order valence-corrected chi connectivity index (χ3v) is 3.25. The molecule has 2 nitrogen and oxygen atoms in total. The second-order valence-electron chi connectivity index (χ2n) is 4.88. The van der Waals surface area contributed by atoms with Crippen molar-refractivity contribution in [2.75, 3.05) is 0 Å². The molecule has 0 heterocycles. The average molecular weight is 198 g/mol. The van der Waals surface area contributed by atoms with E-state index in [9.17, 15) is 0 Å². The Bertz CT molecular complexity index is 198. The second kappa shape index (κ2) is 4.72. The summed E-state index contributed by atoms with van der Waals surface area (Å²) < 4.78 is 5.40. The fraction of sp³-hybridized carbons (Fsp3) is 0.833. The smallest absolute Gasteiger partial charge is 0.269 e. The van der Waals surface area contributed by atoms with Gasteiger partial charge in [0.15, 0.2) is 0 Å². The highest BCUT2D eigenvalue weighted by molar-refractivity contribution is 4.83. The summed E-state index contributed by atoms with van der Waals surface area (Å²) in [6.45, 7) is 10.1. The summed E-state index contributed by atoms with van der Waals surface area (Å²) in [7, 11) is 0. The maximum absolute atomic E-state index is 9.07. The first-order valence-corrected chi connectivity index (χ1v) is 5.55. The molecule has 0 aromatic carbocycles. The minimum Gasteiger partial charge on any atom is -0.481 e. The van der Waals surface area contributed by atoms with Gasteiger partial charge in [-0.2, -0.15) is 0 Å². The maximum atomic E-state index is 9.07. The minimum absolute atomic E-state index is 0.130. The standard InChI is InChI=1S/C12H22O2/c1-8(2)11-6-5-9(3)7-12(11)14-10(4)13/h8-9,11-13H,4-7H2,1-3H3/t9-,11+,12-/m1/s1. The summed E-state index contributed by atoms with van der Waals surface area (Å²) in [6.07, 6.45) is 3.69. The monoisotopic (exact) mass is 198 g/mol. The zero-order valence-electron chi connectivity index (χ0n) is 9.49. The predicted octanol–water partition coefficient (Wildman–Crippen LogP) is 3.49. The quantitative estimate of drug-likeness (QED) is 0.703. The van der Waals surface area contributed by atoms with E-state index < -0.39 is 0 Å². The van der Waals surface area contributed by atoms with E-state index in [1.807, 2.05) is 0 Å². The van der Waals surface area contributed by atoms with E-state index in [1.54, 1.807) is 0 Å². The molecule has 2 heteroatoms. The van der Waals surface area contributed by atoms with Gasteiger partial charge >= 0.3 is 0 Å². The number of aliphatic hydroxyl groups is 1. The van der Waals surface area contributed by atoms with E-state index in [1.165, 1.54) is 12.8 Å². The predicted molar refractivity (Wildman–Crippen MR) is 58.0 cm³/mol. The Balaban J connectivity index is 2.58. The number of aliphatic hydroxyl groups excluding tert-OH is 1. The van der Waals surface area contributed by atoms with Crippen molar-refractivity contribution in [3.05, 3.63) is 12.5 Å². The van der Waals surface area contributed by atoms with Crippen molar-refractivity contribution in [3.63, 3.8) is 0 Å². The molecule has 0 amide bonds. The van der Waals surface area contributed by atoms with Crippen LogP contribution in [0.4, 0.5) is 0 Å². The molecule has 14 heavy (non-hydrogen) atoms. The molecule has 0 unspecified atom stereocenters. The molecule has 1 aliphatic rings. The Kier molecular flexibility index (Phi) is 3.85. The first kappa shape index (κ1) is 11.4. The van der Waals surface area contributed by atoms with Crippen molar-refractivity contribution in [1.29, 1.82) is 0 Å². The lowest BCUT2D eigenvalue weighted by molar-refractivity contribution is -0.0428. The molecule has 0 aliphatic heterocycles. The van der Waals surface area contributed by atoms with Gasteiger partial charge in [-0.25, -0.2) is 0 Å². The van der Waals surface area contributed by atoms with Gasteiger partial charge in [0, 0.05) is 0 Å². The number of hydrogen-bond donors (Lipinski definition) is 1. The van der Waals surface area contributed by atoms with Crippen LogP contribution < -0.4 is 0 Å². The van der Waals surface area contributed by atoms with Crippen LogP contribution in [0.2, 0.25) is 0 Å². The van der Waals surface area contributed by atoms with Gasteiger partial charge in [0.2, 0.25) is 0 Å². The zero-order valence-corrected chi connectivity index (χ0v) is 9.49. The van der Waals surface area contributed by atoms with Gasteiger partial charge < -0.3 is 9.84 Å². The number of hydrogen-bond acceptors (Lipinski definition) is 2. The summed E-state index contributed by atoms with van der Waals surface area (Å²) in [5.74, 6) is 1.76. The van der Waals surface area contributed by atoms with Crippen LogP contribution in [0.5, 0.6) is 0 Å².